The molecule has 2 N–H and O–H groups in total. The van der Waals surface area contributed by atoms with E-state index in [-0.39, 0.29) is 16.8 Å². The molecule has 59 heavy (non-hydrogen) atoms. The van der Waals surface area contributed by atoms with E-state index in [9.17, 15) is 0 Å². The quantitative estimate of drug-likeness (QED) is 0.129. The van der Waals surface area contributed by atoms with E-state index in [0.29, 0.717) is 75.8 Å². The molecule has 13 heteroatoms. The summed E-state index contributed by atoms with van der Waals surface area (Å²) in [5.41, 5.74) is 5.67. The molecule has 0 radical (unpaired) electrons. The molecule has 0 aliphatic carbocycles. The van der Waals surface area contributed by atoms with E-state index in [2.05, 4.69) is 9.97 Å². The first kappa shape index (κ1) is 39.1. The molecule has 0 fully saturated rings. The van der Waals surface area contributed by atoms with Gasteiger partial charge in [0.1, 0.15) is 0 Å². The standard InChI is InChI=1S/C46H25Cl5F4N4/c47-28-9-1-24(2-10-28)40-33-17-18-34(56-33)41(25-3-11-29(48)12-4-25)36-21-22-38(58-36)43(27-7-15-31(50)16-8-27)44-32(45(52,53)46(51,54)55)23-39(59-44)42(37-20-19-35(40)57-37)26-5-13-30(49)14-6-26/h1-23,57-58H. The van der Waals surface area contributed by atoms with Crippen LogP contribution in [-0.4, -0.2) is 31.2 Å². The summed E-state index contributed by atoms with van der Waals surface area (Å²) in [6.07, 6.45) is 4.77. The van der Waals surface area contributed by atoms with Gasteiger partial charge >= 0.3 is 11.3 Å². The van der Waals surface area contributed by atoms with Crippen LogP contribution in [0.1, 0.15) is 22.8 Å². The third-order valence-corrected chi connectivity index (χ3v) is 11.3. The van der Waals surface area contributed by atoms with Gasteiger partial charge < -0.3 is 9.97 Å². The number of nitrogens with zero attached hydrogens (tertiary/aromatic N) is 2. The first-order valence-electron chi connectivity index (χ1n) is 17.9. The summed E-state index contributed by atoms with van der Waals surface area (Å²) in [5, 5.41) is -3.16. The van der Waals surface area contributed by atoms with E-state index < -0.39 is 22.6 Å². The number of aromatic amines is 2. The lowest BCUT2D eigenvalue weighted by atomic mass is 9.96. The van der Waals surface area contributed by atoms with Gasteiger partial charge in [-0.25, -0.2) is 9.97 Å². The molecule has 0 saturated carbocycles. The average molecular weight is 887 g/mol. The number of hydrogen-bond donors (Lipinski definition) is 2. The number of fused-ring (bicyclic) bond motifs is 8. The molecule has 0 spiro atoms. The molecular weight excluding hydrogens is 862 g/mol. The molecule has 4 nitrogen and oxygen atoms in total. The SMILES string of the molecule is FC(F)(Cl)C(F)(F)C1=Cc2nc1c(-c1ccc(Cl)cc1)c1ccc([nH]1)c(-c1ccc(Cl)cc1)c1nc(c(-c3ccc(Cl)cc3)c3ccc([nH]3)c2-c2ccc(Cl)cc2)C=C1. The predicted octanol–water partition coefficient (Wildman–Crippen LogP) is 15.8. The Morgan fingerprint density at radius 3 is 1.08 bits per heavy atom. The number of hydrogen-bond acceptors (Lipinski definition) is 2. The maximum atomic E-state index is 16.3. The van der Waals surface area contributed by atoms with E-state index in [4.69, 9.17) is 68.0 Å². The van der Waals surface area contributed by atoms with Gasteiger partial charge in [-0.15, -0.1) is 0 Å². The molecular formula is C46H25Cl5F4N4. The highest BCUT2D eigenvalue weighted by atomic mass is 35.5. The van der Waals surface area contributed by atoms with Gasteiger partial charge in [-0.3, -0.25) is 0 Å². The highest BCUT2D eigenvalue weighted by Gasteiger charge is 2.59. The number of benzene rings is 4. The van der Waals surface area contributed by atoms with Crippen LogP contribution in [0.25, 0.3) is 90.4 Å². The average Bonchev–Trinajstić information content (AvgIpc) is 4.04. The molecule has 2 aliphatic heterocycles. The summed E-state index contributed by atoms with van der Waals surface area (Å²) in [4.78, 5) is 16.9. The van der Waals surface area contributed by atoms with E-state index in [1.807, 2.05) is 42.5 Å². The van der Waals surface area contributed by atoms with E-state index in [1.165, 1.54) is 0 Å². The lowest BCUT2D eigenvalue weighted by Gasteiger charge is -2.23. The fourth-order valence-corrected chi connectivity index (χ4v) is 7.96. The highest BCUT2D eigenvalue weighted by Crippen LogP contribution is 2.51. The number of aromatic nitrogens is 4. The van der Waals surface area contributed by atoms with Crippen LogP contribution in [0.2, 0.25) is 20.1 Å². The van der Waals surface area contributed by atoms with Crippen LogP contribution in [0.5, 0.6) is 0 Å². The molecule has 0 unspecified atom stereocenters. The Kier molecular flexibility index (Phi) is 9.97. The Labute approximate surface area is 359 Å². The second-order valence-electron chi connectivity index (χ2n) is 13.8. The van der Waals surface area contributed by atoms with Gasteiger partial charge in [0.15, 0.2) is 0 Å². The molecule has 3 aromatic heterocycles. The number of nitrogens with one attached hydrogen (secondary N) is 2. The van der Waals surface area contributed by atoms with Gasteiger partial charge in [0.05, 0.1) is 28.3 Å². The minimum atomic E-state index is -5.00. The molecule has 7 aromatic rings. The molecule has 2 aliphatic rings. The maximum absolute atomic E-state index is 16.3. The molecule has 8 bridgehead atoms. The zero-order valence-corrected chi connectivity index (χ0v) is 33.9. The van der Waals surface area contributed by atoms with Gasteiger partial charge in [0.2, 0.25) is 0 Å². The molecule has 9 rings (SSSR count). The lowest BCUT2D eigenvalue weighted by Crippen LogP contribution is -2.36. The number of rotatable bonds is 6. The van der Waals surface area contributed by atoms with Crippen LogP contribution < -0.4 is 0 Å². The lowest BCUT2D eigenvalue weighted by molar-refractivity contribution is -0.114. The van der Waals surface area contributed by atoms with Crippen LogP contribution in [0, 0.1) is 0 Å². The monoisotopic (exact) mass is 884 g/mol. The van der Waals surface area contributed by atoms with Crippen LogP contribution >= 0.6 is 58.0 Å². The first-order chi connectivity index (χ1) is 28.2. The van der Waals surface area contributed by atoms with Gasteiger partial charge in [-0.1, -0.05) is 94.9 Å². The molecule has 5 heterocycles. The van der Waals surface area contributed by atoms with Gasteiger partial charge in [0, 0.05) is 64.4 Å². The molecule has 292 valence electrons. The Hall–Kier alpha value is -5.35. The Morgan fingerprint density at radius 1 is 0.407 bits per heavy atom. The van der Waals surface area contributed by atoms with Crippen molar-refractivity contribution in [1.82, 2.24) is 19.9 Å². The summed E-state index contributed by atoms with van der Waals surface area (Å²) >= 11 is 30.5. The summed E-state index contributed by atoms with van der Waals surface area (Å²) < 4.78 is 62.7. The Morgan fingerprint density at radius 2 is 0.729 bits per heavy atom. The van der Waals surface area contributed by atoms with Gasteiger partial charge in [0.25, 0.3) is 0 Å². The molecule has 0 saturated heterocycles. The summed E-state index contributed by atoms with van der Waals surface area (Å²) in [6.45, 7) is 0. The zero-order valence-electron chi connectivity index (χ0n) is 30.1. The molecule has 4 aromatic carbocycles. The largest absolute Gasteiger partial charge is 0.388 e. The second kappa shape index (κ2) is 15.0. The fourth-order valence-electron chi connectivity index (χ4n) is 7.35. The number of alkyl halides is 5. The third-order valence-electron chi connectivity index (χ3n) is 10.1. The van der Waals surface area contributed by atoms with Crippen LogP contribution in [-0.2, 0) is 0 Å². The predicted molar refractivity (Wildman–Crippen MR) is 235 cm³/mol. The summed E-state index contributed by atoms with van der Waals surface area (Å²) in [5.74, 6) is -4.90. The number of allylic oxidation sites excluding steroid dienone is 1. The second-order valence-corrected chi connectivity index (χ2v) is 16.0. The van der Waals surface area contributed by atoms with Crippen molar-refractivity contribution in [3.63, 3.8) is 0 Å². The van der Waals surface area contributed by atoms with Crippen molar-refractivity contribution in [2.45, 2.75) is 11.3 Å². The summed E-state index contributed by atoms with van der Waals surface area (Å²) in [7, 11) is 0. The van der Waals surface area contributed by atoms with Crippen LogP contribution in [0.3, 0.4) is 0 Å². The van der Waals surface area contributed by atoms with Crippen molar-refractivity contribution in [2.24, 2.45) is 0 Å². The topological polar surface area (TPSA) is 57.4 Å². The van der Waals surface area contributed by atoms with E-state index in [1.54, 1.807) is 91.0 Å². The molecule has 0 atom stereocenters. The Balaban J connectivity index is 1.53. The van der Waals surface area contributed by atoms with Crippen molar-refractivity contribution in [3.8, 4) is 44.5 Å². The minimum Gasteiger partial charge on any atom is -0.354 e. The normalized spacial score (nSPS) is 12.9. The number of halogens is 9. The van der Waals surface area contributed by atoms with E-state index in [0.717, 1.165) is 17.2 Å². The van der Waals surface area contributed by atoms with Crippen molar-refractivity contribution >= 4 is 104 Å². The third kappa shape index (κ3) is 7.23. The fraction of sp³-hybridized carbons (Fsp3) is 0.0435. The summed E-state index contributed by atoms with van der Waals surface area (Å²) in [6, 6.07) is 34.6. The van der Waals surface area contributed by atoms with Crippen molar-refractivity contribution < 1.29 is 17.6 Å². The maximum Gasteiger partial charge on any atom is 0.388 e. The van der Waals surface area contributed by atoms with Crippen molar-refractivity contribution in [1.29, 1.82) is 0 Å². The van der Waals surface area contributed by atoms with Crippen LogP contribution in [0.15, 0.2) is 121 Å². The number of H-pyrrole nitrogens is 2. The van der Waals surface area contributed by atoms with Crippen molar-refractivity contribution in [3.05, 3.63) is 164 Å². The Bertz CT molecular complexity index is 3020. The first-order valence-corrected chi connectivity index (χ1v) is 19.8. The smallest absolute Gasteiger partial charge is 0.354 e. The van der Waals surface area contributed by atoms with Crippen molar-refractivity contribution in [2.75, 3.05) is 0 Å². The van der Waals surface area contributed by atoms with Crippen LogP contribution in [0.4, 0.5) is 17.6 Å². The van der Waals surface area contributed by atoms with E-state index >= 15 is 17.6 Å². The van der Waals surface area contributed by atoms with Gasteiger partial charge in [-0.05, 0) is 125 Å². The minimum absolute atomic E-state index is 0.0353. The zero-order chi connectivity index (χ0) is 41.2. The van der Waals surface area contributed by atoms with Gasteiger partial charge in [-0.2, -0.15) is 17.6 Å². The highest BCUT2D eigenvalue weighted by molar-refractivity contribution is 6.31. The molecule has 0 amide bonds.